The summed E-state index contributed by atoms with van der Waals surface area (Å²) in [7, 11) is 0. The lowest BCUT2D eigenvalue weighted by Crippen LogP contribution is -2.44. The predicted octanol–water partition coefficient (Wildman–Crippen LogP) is 4.91. The number of carbonyl (C=O) groups excluding carboxylic acids is 1. The standard InChI is InChI=1S/C18H16ClFN4OS/c1-10-7-15-12(17(23-22-15)16-3-2-6-26-16)9-24(10)18(25)21-11-4-5-14(20)13(19)8-11/h2-6,8,10H,7,9H2,1H3,(H,21,25)(H,22,23)/t10-/m1/s1. The van der Waals surface area contributed by atoms with Gasteiger partial charge < -0.3 is 10.2 Å². The third kappa shape index (κ3) is 3.08. The minimum atomic E-state index is -0.514. The van der Waals surface area contributed by atoms with Crippen molar-refractivity contribution in [2.24, 2.45) is 0 Å². The van der Waals surface area contributed by atoms with Gasteiger partial charge in [0.25, 0.3) is 0 Å². The molecule has 1 aliphatic heterocycles. The van der Waals surface area contributed by atoms with E-state index in [1.807, 2.05) is 24.4 Å². The number of hydrogen-bond acceptors (Lipinski definition) is 3. The number of aromatic amines is 1. The summed E-state index contributed by atoms with van der Waals surface area (Å²) in [5, 5.41) is 12.3. The number of carbonyl (C=O) groups is 1. The zero-order valence-corrected chi connectivity index (χ0v) is 15.5. The van der Waals surface area contributed by atoms with Gasteiger partial charge >= 0.3 is 6.03 Å². The number of benzene rings is 1. The van der Waals surface area contributed by atoms with E-state index in [1.54, 1.807) is 16.2 Å². The van der Waals surface area contributed by atoms with Crippen LogP contribution in [-0.4, -0.2) is 27.2 Å². The van der Waals surface area contributed by atoms with Crippen LogP contribution in [-0.2, 0) is 13.0 Å². The molecule has 0 radical (unpaired) electrons. The number of anilines is 1. The minimum Gasteiger partial charge on any atom is -0.317 e. The SMILES string of the molecule is C[C@@H]1Cc2[nH]nc(-c3cccs3)c2CN1C(=O)Nc1ccc(F)c(Cl)c1. The maximum absolute atomic E-state index is 13.3. The van der Waals surface area contributed by atoms with Crippen molar-refractivity contribution in [3.05, 3.63) is 57.8 Å². The molecule has 0 fully saturated rings. The van der Waals surface area contributed by atoms with Gasteiger partial charge in [-0.05, 0) is 36.6 Å². The zero-order valence-electron chi connectivity index (χ0n) is 13.9. The maximum atomic E-state index is 13.3. The number of hydrogen-bond donors (Lipinski definition) is 2. The van der Waals surface area contributed by atoms with E-state index >= 15 is 0 Å². The fourth-order valence-electron chi connectivity index (χ4n) is 3.13. The Bertz CT molecular complexity index is 956. The Kier molecular flexibility index (Phi) is 4.42. The van der Waals surface area contributed by atoms with Gasteiger partial charge in [0, 0.05) is 29.4 Å². The molecule has 0 saturated heterocycles. The highest BCUT2D eigenvalue weighted by Gasteiger charge is 2.31. The Balaban J connectivity index is 1.57. The number of fused-ring (bicyclic) bond motifs is 1. The second-order valence-electron chi connectivity index (χ2n) is 6.25. The fraction of sp³-hybridized carbons (Fsp3) is 0.222. The van der Waals surface area contributed by atoms with Crippen LogP contribution in [0.2, 0.25) is 5.02 Å². The van der Waals surface area contributed by atoms with Gasteiger partial charge in [-0.1, -0.05) is 17.7 Å². The Labute approximate surface area is 158 Å². The van der Waals surface area contributed by atoms with Gasteiger partial charge in [-0.25, -0.2) is 9.18 Å². The van der Waals surface area contributed by atoms with Crippen LogP contribution in [0, 0.1) is 5.82 Å². The van der Waals surface area contributed by atoms with E-state index in [1.165, 1.54) is 18.2 Å². The molecule has 0 bridgehead atoms. The largest absolute Gasteiger partial charge is 0.322 e. The van der Waals surface area contributed by atoms with Gasteiger partial charge in [0.15, 0.2) is 0 Å². The summed E-state index contributed by atoms with van der Waals surface area (Å²) in [6.45, 7) is 2.45. The van der Waals surface area contributed by atoms with E-state index in [4.69, 9.17) is 11.6 Å². The summed E-state index contributed by atoms with van der Waals surface area (Å²) in [5.41, 5.74) is 3.46. The number of amides is 2. The lowest BCUT2D eigenvalue weighted by atomic mass is 9.99. The molecule has 4 rings (SSSR count). The molecule has 0 unspecified atom stereocenters. The Hall–Kier alpha value is -2.38. The van der Waals surface area contributed by atoms with Gasteiger partial charge in [-0.15, -0.1) is 11.3 Å². The molecule has 26 heavy (non-hydrogen) atoms. The van der Waals surface area contributed by atoms with Crippen molar-refractivity contribution in [1.29, 1.82) is 0 Å². The Morgan fingerprint density at radius 2 is 2.31 bits per heavy atom. The average molecular weight is 391 g/mol. The molecular formula is C18H16ClFN4OS. The molecule has 1 aromatic carbocycles. The summed E-state index contributed by atoms with van der Waals surface area (Å²) in [6, 6.07) is 7.90. The second kappa shape index (κ2) is 6.74. The number of thiophene rings is 1. The molecule has 134 valence electrons. The number of rotatable bonds is 2. The first-order valence-electron chi connectivity index (χ1n) is 8.15. The van der Waals surface area contributed by atoms with E-state index in [0.717, 1.165) is 21.8 Å². The number of nitrogens with one attached hydrogen (secondary N) is 2. The monoisotopic (exact) mass is 390 g/mol. The third-order valence-corrected chi connectivity index (χ3v) is 5.67. The highest BCUT2D eigenvalue weighted by atomic mass is 35.5. The number of H-pyrrole nitrogens is 1. The molecule has 0 spiro atoms. The molecule has 0 saturated carbocycles. The van der Waals surface area contributed by atoms with Crippen molar-refractivity contribution in [2.75, 3.05) is 5.32 Å². The smallest absolute Gasteiger partial charge is 0.317 e. The third-order valence-electron chi connectivity index (χ3n) is 4.50. The molecule has 2 amide bonds. The van der Waals surface area contributed by atoms with Gasteiger partial charge in [-0.2, -0.15) is 5.10 Å². The lowest BCUT2D eigenvalue weighted by molar-refractivity contribution is 0.182. The van der Waals surface area contributed by atoms with Crippen LogP contribution in [0.15, 0.2) is 35.7 Å². The maximum Gasteiger partial charge on any atom is 0.322 e. The van der Waals surface area contributed by atoms with E-state index in [-0.39, 0.29) is 17.1 Å². The average Bonchev–Trinajstić information content (AvgIpc) is 3.26. The van der Waals surface area contributed by atoms with Crippen molar-refractivity contribution < 1.29 is 9.18 Å². The first-order valence-corrected chi connectivity index (χ1v) is 9.41. The van der Waals surface area contributed by atoms with Crippen LogP contribution in [0.3, 0.4) is 0 Å². The molecule has 3 heterocycles. The highest BCUT2D eigenvalue weighted by Crippen LogP contribution is 2.33. The fourth-order valence-corrected chi connectivity index (χ4v) is 4.05. The molecular weight excluding hydrogens is 375 g/mol. The normalized spacial score (nSPS) is 16.4. The highest BCUT2D eigenvalue weighted by molar-refractivity contribution is 7.13. The number of halogens is 2. The van der Waals surface area contributed by atoms with Crippen LogP contribution < -0.4 is 5.32 Å². The Morgan fingerprint density at radius 3 is 3.04 bits per heavy atom. The summed E-state index contributed by atoms with van der Waals surface area (Å²) in [6.07, 6.45) is 0.700. The van der Waals surface area contributed by atoms with Gasteiger partial charge in [0.1, 0.15) is 11.5 Å². The van der Waals surface area contributed by atoms with Crippen LogP contribution in [0.25, 0.3) is 10.6 Å². The first-order chi connectivity index (χ1) is 12.5. The number of nitrogens with zero attached hydrogens (tertiary/aromatic N) is 2. The predicted molar refractivity (Wildman–Crippen MR) is 101 cm³/mol. The first kappa shape index (κ1) is 17.1. The summed E-state index contributed by atoms with van der Waals surface area (Å²) < 4.78 is 13.3. The van der Waals surface area contributed by atoms with Crippen LogP contribution in [0.1, 0.15) is 18.2 Å². The van der Waals surface area contributed by atoms with E-state index in [2.05, 4.69) is 15.5 Å². The van der Waals surface area contributed by atoms with Crippen LogP contribution >= 0.6 is 22.9 Å². The lowest BCUT2D eigenvalue weighted by Gasteiger charge is -2.33. The molecule has 2 aromatic heterocycles. The van der Waals surface area contributed by atoms with Gasteiger partial charge in [0.05, 0.1) is 16.4 Å². The van der Waals surface area contributed by atoms with Gasteiger partial charge in [-0.3, -0.25) is 5.10 Å². The van der Waals surface area contributed by atoms with Crippen molar-refractivity contribution >= 4 is 34.7 Å². The van der Waals surface area contributed by atoms with E-state index in [0.29, 0.717) is 18.7 Å². The Morgan fingerprint density at radius 1 is 1.46 bits per heavy atom. The van der Waals surface area contributed by atoms with E-state index < -0.39 is 5.82 Å². The molecule has 3 aromatic rings. The van der Waals surface area contributed by atoms with Crippen molar-refractivity contribution in [2.45, 2.75) is 25.9 Å². The quantitative estimate of drug-likeness (QED) is 0.653. The van der Waals surface area contributed by atoms with E-state index in [9.17, 15) is 9.18 Å². The number of aromatic nitrogens is 2. The summed E-state index contributed by atoms with van der Waals surface area (Å²) >= 11 is 7.41. The molecule has 0 aliphatic carbocycles. The van der Waals surface area contributed by atoms with Crippen LogP contribution in [0.5, 0.6) is 0 Å². The molecule has 8 heteroatoms. The molecule has 1 aliphatic rings. The van der Waals surface area contributed by atoms with Crippen molar-refractivity contribution in [3.8, 4) is 10.6 Å². The topological polar surface area (TPSA) is 61.0 Å². The zero-order chi connectivity index (χ0) is 18.3. The summed E-state index contributed by atoms with van der Waals surface area (Å²) in [4.78, 5) is 15.6. The molecule has 2 N–H and O–H groups in total. The second-order valence-corrected chi connectivity index (χ2v) is 7.60. The van der Waals surface area contributed by atoms with Gasteiger partial charge in [0.2, 0.25) is 0 Å². The minimum absolute atomic E-state index is 0.00931. The van der Waals surface area contributed by atoms with Crippen LogP contribution in [0.4, 0.5) is 14.9 Å². The molecule has 1 atom stereocenters. The summed E-state index contributed by atoms with van der Waals surface area (Å²) in [5.74, 6) is -0.514. The number of urea groups is 1. The molecule has 5 nitrogen and oxygen atoms in total. The van der Waals surface area contributed by atoms with Crippen molar-refractivity contribution in [1.82, 2.24) is 15.1 Å². The van der Waals surface area contributed by atoms with Crippen molar-refractivity contribution in [3.63, 3.8) is 0 Å².